The van der Waals surface area contributed by atoms with Crippen molar-refractivity contribution in [1.82, 2.24) is 15.2 Å². The van der Waals surface area contributed by atoms with Gasteiger partial charge in [0, 0.05) is 24.1 Å². The lowest BCUT2D eigenvalue weighted by atomic mass is 9.33. The van der Waals surface area contributed by atoms with E-state index >= 15 is 0 Å². The van der Waals surface area contributed by atoms with Crippen LogP contribution in [-0.4, -0.2) is 56.8 Å². The number of pyridine rings is 1. The number of carboxylic acids is 1. The number of carbonyl (C=O) groups excluding carboxylic acids is 2. The van der Waals surface area contributed by atoms with Crippen molar-refractivity contribution in [3.05, 3.63) is 29.5 Å². The molecule has 0 bridgehead atoms. The standard InChI is InChI=1S/C43H60N4O7/c1-24(2)33-27(48)21-43(45-37-47-46-35(54-37)25-11-14-31(52-10)44-23-25)20-19-41(8)26(34(33)43)12-13-29-40(7)17-16-30(53-32(49)22-38(3,4)36(50)51)39(5,6)28(40)15-18-42(29,41)9/h11,14,23-24,26,28-30H,12-13,15-22H2,1-10H3,(H,45,47)(H,50,51)/t26-,28+,29-,30+,40+,41-,42-,43-/m1/s1. The van der Waals surface area contributed by atoms with Gasteiger partial charge in [0.05, 0.1) is 30.0 Å². The molecule has 0 aromatic carbocycles. The first kappa shape index (κ1) is 38.5. The molecule has 11 heteroatoms. The summed E-state index contributed by atoms with van der Waals surface area (Å²) >= 11 is 0. The topological polar surface area (TPSA) is 154 Å². The zero-order valence-electron chi connectivity index (χ0n) is 33.9. The van der Waals surface area contributed by atoms with Crippen LogP contribution in [0.5, 0.6) is 5.88 Å². The van der Waals surface area contributed by atoms with Crippen LogP contribution >= 0.6 is 0 Å². The zero-order valence-corrected chi connectivity index (χ0v) is 33.9. The van der Waals surface area contributed by atoms with E-state index in [1.165, 1.54) is 5.57 Å². The van der Waals surface area contributed by atoms with Gasteiger partial charge in [-0.2, -0.15) is 0 Å². The monoisotopic (exact) mass is 744 g/mol. The van der Waals surface area contributed by atoms with E-state index < -0.39 is 22.9 Å². The molecular formula is C43H60N4O7. The van der Waals surface area contributed by atoms with E-state index in [2.05, 4.69) is 69.0 Å². The summed E-state index contributed by atoms with van der Waals surface area (Å²) in [5, 5.41) is 22.1. The number of nitrogens with one attached hydrogen (secondary N) is 1. The van der Waals surface area contributed by atoms with Crippen LogP contribution in [0.4, 0.5) is 6.01 Å². The van der Waals surface area contributed by atoms with Crippen LogP contribution in [0, 0.1) is 50.7 Å². The number of ether oxygens (including phenoxy) is 2. The maximum Gasteiger partial charge on any atom is 0.316 e. The molecule has 2 heterocycles. The smallest absolute Gasteiger partial charge is 0.316 e. The highest BCUT2D eigenvalue weighted by atomic mass is 16.5. The minimum absolute atomic E-state index is 0.0280. The van der Waals surface area contributed by atoms with Crippen LogP contribution in [0.15, 0.2) is 33.9 Å². The Bertz CT molecular complexity index is 1860. The summed E-state index contributed by atoms with van der Waals surface area (Å²) in [5.41, 5.74) is 1.01. The SMILES string of the molecule is COc1ccc(-c2nnc(N[C@@]34CC[C@]5(C)[C@H](CC[C@@H]6[C@@]7(C)CC[C@H](OC(=O)CC(C)(C)C(=O)O)C(C)(C)[C@@H]7CC[C@]65C)C3=C(C(C)C)C(=O)C4)o2)cn1. The molecule has 4 saturated carbocycles. The number of carboxylic acid groups (broad SMARTS) is 1. The summed E-state index contributed by atoms with van der Waals surface area (Å²) in [6.45, 7) is 19.6. The molecule has 5 aliphatic rings. The molecule has 0 radical (unpaired) electrons. The molecule has 11 nitrogen and oxygen atoms in total. The van der Waals surface area contributed by atoms with Gasteiger partial charge >= 0.3 is 18.0 Å². The minimum Gasteiger partial charge on any atom is -0.481 e. The molecule has 4 fully saturated rings. The molecular weight excluding hydrogens is 684 g/mol. The lowest BCUT2D eigenvalue weighted by Crippen LogP contribution is -2.66. The molecule has 5 aliphatic carbocycles. The summed E-state index contributed by atoms with van der Waals surface area (Å²) in [7, 11) is 1.57. The van der Waals surface area contributed by atoms with Gasteiger partial charge in [0.2, 0.25) is 5.88 Å². The van der Waals surface area contributed by atoms with E-state index in [4.69, 9.17) is 13.9 Å². The Hall–Kier alpha value is -3.76. The number of Topliss-reactive ketones (excluding diaryl/α,β-unsaturated/α-hetero) is 1. The number of anilines is 1. The minimum atomic E-state index is -1.17. The van der Waals surface area contributed by atoms with Gasteiger partial charge in [0.25, 0.3) is 5.89 Å². The van der Waals surface area contributed by atoms with E-state index in [1.54, 1.807) is 33.2 Å². The van der Waals surface area contributed by atoms with Crippen molar-refractivity contribution in [3.8, 4) is 17.3 Å². The zero-order chi connectivity index (χ0) is 39.2. The second kappa shape index (κ2) is 12.9. The maximum absolute atomic E-state index is 14.1. The fourth-order valence-electron chi connectivity index (χ4n) is 12.8. The van der Waals surface area contributed by atoms with Crippen LogP contribution in [0.2, 0.25) is 0 Å². The Kier molecular flexibility index (Phi) is 9.20. The third-order valence-electron chi connectivity index (χ3n) is 15.8. The average molecular weight is 745 g/mol. The summed E-state index contributed by atoms with van der Waals surface area (Å²) < 4.78 is 17.6. The van der Waals surface area contributed by atoms with Crippen molar-refractivity contribution in [2.45, 2.75) is 138 Å². The molecule has 0 amide bonds. The second-order valence-electron chi connectivity index (χ2n) is 19.6. The highest BCUT2D eigenvalue weighted by molar-refractivity contribution is 6.02. The number of esters is 1. The lowest BCUT2D eigenvalue weighted by molar-refractivity contribution is -0.231. The van der Waals surface area contributed by atoms with E-state index in [9.17, 15) is 19.5 Å². The highest BCUT2D eigenvalue weighted by Gasteiger charge is 2.70. The lowest BCUT2D eigenvalue weighted by Gasteiger charge is -2.72. The van der Waals surface area contributed by atoms with Gasteiger partial charge in [-0.05, 0) is 122 Å². The van der Waals surface area contributed by atoms with E-state index in [-0.39, 0.29) is 51.8 Å². The van der Waals surface area contributed by atoms with Gasteiger partial charge in [0.1, 0.15) is 6.10 Å². The molecule has 0 aliphatic heterocycles. The number of rotatable bonds is 9. The molecule has 0 spiro atoms. The predicted molar refractivity (Wildman–Crippen MR) is 203 cm³/mol. The predicted octanol–water partition coefficient (Wildman–Crippen LogP) is 8.70. The number of ketones is 1. The molecule has 0 saturated heterocycles. The number of hydrogen-bond donors (Lipinski definition) is 2. The van der Waals surface area contributed by atoms with E-state index in [1.807, 2.05) is 6.07 Å². The van der Waals surface area contributed by atoms with Gasteiger partial charge in [-0.15, -0.1) is 5.10 Å². The van der Waals surface area contributed by atoms with E-state index in [0.29, 0.717) is 41.6 Å². The van der Waals surface area contributed by atoms with Crippen LogP contribution in [0.25, 0.3) is 11.5 Å². The van der Waals surface area contributed by atoms with Crippen molar-refractivity contribution >= 4 is 23.7 Å². The first-order chi connectivity index (χ1) is 25.2. The third-order valence-corrected chi connectivity index (χ3v) is 15.8. The van der Waals surface area contributed by atoms with Crippen LogP contribution in [0.3, 0.4) is 0 Å². The van der Waals surface area contributed by atoms with Gasteiger partial charge in [-0.3, -0.25) is 14.4 Å². The molecule has 2 N–H and O–H groups in total. The van der Waals surface area contributed by atoms with Crippen molar-refractivity contribution < 1.29 is 33.4 Å². The Morgan fingerprint density at radius 3 is 2.37 bits per heavy atom. The summed E-state index contributed by atoms with van der Waals surface area (Å²) in [6, 6.07) is 3.92. The van der Waals surface area contributed by atoms with Gasteiger partial charge < -0.3 is 24.3 Å². The van der Waals surface area contributed by atoms with Crippen molar-refractivity contribution in [2.24, 2.45) is 50.7 Å². The number of allylic oxidation sites excluding steroid dienone is 1. The van der Waals surface area contributed by atoms with Crippen LogP contribution in [0.1, 0.15) is 127 Å². The fraction of sp³-hybridized carbons (Fsp3) is 0.721. The Morgan fingerprint density at radius 1 is 0.981 bits per heavy atom. The number of aromatic nitrogens is 3. The molecule has 0 unspecified atom stereocenters. The first-order valence-electron chi connectivity index (χ1n) is 20.1. The number of methoxy groups -OCH3 is 1. The summed E-state index contributed by atoms with van der Waals surface area (Å²) in [6.07, 6.45) is 9.37. The summed E-state index contributed by atoms with van der Waals surface area (Å²) in [5.74, 6) is 0.835. The molecule has 2 aromatic heterocycles. The number of hydrogen-bond acceptors (Lipinski definition) is 10. The fourth-order valence-corrected chi connectivity index (χ4v) is 12.8. The normalized spacial score (nSPS) is 35.8. The second-order valence-corrected chi connectivity index (χ2v) is 19.6. The molecule has 294 valence electrons. The van der Waals surface area contributed by atoms with E-state index in [0.717, 1.165) is 56.9 Å². The first-order valence-corrected chi connectivity index (χ1v) is 20.1. The number of nitrogens with zero attached hydrogens (tertiary/aromatic N) is 3. The molecule has 7 rings (SSSR count). The van der Waals surface area contributed by atoms with Crippen LogP contribution < -0.4 is 10.1 Å². The quantitative estimate of drug-likeness (QED) is 0.237. The molecule has 8 atom stereocenters. The highest BCUT2D eigenvalue weighted by Crippen LogP contribution is 2.76. The van der Waals surface area contributed by atoms with Gasteiger partial charge in [0.15, 0.2) is 5.78 Å². The van der Waals surface area contributed by atoms with Crippen molar-refractivity contribution in [2.75, 3.05) is 12.4 Å². The molecule has 2 aromatic rings. The van der Waals surface area contributed by atoms with Crippen molar-refractivity contribution in [1.29, 1.82) is 0 Å². The number of aliphatic carboxylic acids is 1. The number of fused-ring (bicyclic) bond motifs is 7. The maximum atomic E-state index is 14.1. The number of carbonyl (C=O) groups is 3. The van der Waals surface area contributed by atoms with Crippen LogP contribution in [-0.2, 0) is 19.1 Å². The van der Waals surface area contributed by atoms with Crippen molar-refractivity contribution in [3.63, 3.8) is 0 Å². The van der Waals surface area contributed by atoms with Gasteiger partial charge in [-0.25, -0.2) is 4.98 Å². The van der Waals surface area contributed by atoms with Gasteiger partial charge in [-0.1, -0.05) is 53.6 Å². The third kappa shape index (κ3) is 5.72. The Labute approximate surface area is 319 Å². The summed E-state index contributed by atoms with van der Waals surface area (Å²) in [4.78, 5) is 43.2. The average Bonchev–Trinajstić information content (AvgIpc) is 3.67. The Balaban J connectivity index is 1.17. The molecule has 54 heavy (non-hydrogen) atoms. The Morgan fingerprint density at radius 2 is 1.72 bits per heavy atom. The largest absolute Gasteiger partial charge is 0.481 e.